The molecule has 0 fully saturated rings. The molecule has 8 nitrogen and oxygen atoms in total. The van der Waals surface area contributed by atoms with E-state index in [1.807, 2.05) is 0 Å². The molecule has 1 aliphatic rings. The highest BCUT2D eigenvalue weighted by atomic mass is 16.7. The van der Waals surface area contributed by atoms with Crippen LogP contribution >= 0.6 is 0 Å². The SMILES string of the molecule is C=CCN(CC(=O)Nc1ccon1)C(=O)c1ccc2c(c1)OCO2. The molecule has 1 aliphatic heterocycles. The maximum atomic E-state index is 12.6. The van der Waals surface area contributed by atoms with Gasteiger partial charge in [0, 0.05) is 18.2 Å². The summed E-state index contributed by atoms with van der Waals surface area (Å²) in [6.07, 6.45) is 2.89. The van der Waals surface area contributed by atoms with Crippen LogP contribution in [0.2, 0.25) is 0 Å². The maximum absolute atomic E-state index is 12.6. The van der Waals surface area contributed by atoms with E-state index < -0.39 is 0 Å². The molecule has 0 radical (unpaired) electrons. The smallest absolute Gasteiger partial charge is 0.254 e. The highest BCUT2D eigenvalue weighted by Gasteiger charge is 2.21. The number of fused-ring (bicyclic) bond motifs is 1. The van der Waals surface area contributed by atoms with E-state index in [4.69, 9.17) is 9.47 Å². The first-order valence-corrected chi connectivity index (χ1v) is 7.17. The first-order valence-electron chi connectivity index (χ1n) is 7.17. The van der Waals surface area contributed by atoms with Gasteiger partial charge in [-0.3, -0.25) is 9.59 Å². The normalized spacial score (nSPS) is 11.8. The average molecular weight is 329 g/mol. The summed E-state index contributed by atoms with van der Waals surface area (Å²) < 4.78 is 15.1. The Morgan fingerprint density at radius 3 is 2.88 bits per heavy atom. The van der Waals surface area contributed by atoms with E-state index in [9.17, 15) is 9.59 Å². The number of rotatable bonds is 6. The van der Waals surface area contributed by atoms with Gasteiger partial charge in [-0.25, -0.2) is 0 Å². The number of carbonyl (C=O) groups is 2. The molecule has 0 saturated heterocycles. The predicted octanol–water partition coefficient (Wildman–Crippen LogP) is 1.67. The molecule has 2 amide bonds. The lowest BCUT2D eigenvalue weighted by Crippen LogP contribution is -2.38. The number of carbonyl (C=O) groups excluding carboxylic acids is 2. The number of amides is 2. The van der Waals surface area contributed by atoms with Gasteiger partial charge in [-0.2, -0.15) is 0 Å². The van der Waals surface area contributed by atoms with Crippen LogP contribution in [0.25, 0.3) is 0 Å². The molecule has 0 bridgehead atoms. The number of nitrogens with one attached hydrogen (secondary N) is 1. The summed E-state index contributed by atoms with van der Waals surface area (Å²) in [5.74, 6) is 0.675. The monoisotopic (exact) mass is 329 g/mol. The minimum Gasteiger partial charge on any atom is -0.454 e. The Labute approximate surface area is 137 Å². The van der Waals surface area contributed by atoms with Crippen molar-refractivity contribution in [3.05, 3.63) is 48.7 Å². The van der Waals surface area contributed by atoms with Gasteiger partial charge in [0.1, 0.15) is 12.8 Å². The lowest BCUT2D eigenvalue weighted by atomic mass is 10.1. The van der Waals surface area contributed by atoms with E-state index in [0.717, 1.165) is 0 Å². The number of anilines is 1. The van der Waals surface area contributed by atoms with Crippen LogP contribution in [-0.2, 0) is 4.79 Å². The molecular formula is C16H15N3O5. The zero-order valence-electron chi connectivity index (χ0n) is 12.7. The van der Waals surface area contributed by atoms with Crippen LogP contribution in [0.5, 0.6) is 11.5 Å². The second-order valence-corrected chi connectivity index (χ2v) is 4.98. The zero-order valence-corrected chi connectivity index (χ0v) is 12.7. The summed E-state index contributed by atoms with van der Waals surface area (Å²) in [5.41, 5.74) is 0.398. The Bertz CT molecular complexity index is 757. The van der Waals surface area contributed by atoms with E-state index in [1.165, 1.54) is 17.2 Å². The fourth-order valence-corrected chi connectivity index (χ4v) is 2.22. The molecule has 1 N–H and O–H groups in total. The second-order valence-electron chi connectivity index (χ2n) is 4.98. The third-order valence-electron chi connectivity index (χ3n) is 3.30. The molecule has 0 saturated carbocycles. The predicted molar refractivity (Wildman–Crippen MR) is 83.8 cm³/mol. The Kier molecular flexibility index (Phi) is 4.46. The average Bonchev–Trinajstić information content (AvgIpc) is 3.24. The molecule has 0 spiro atoms. The molecule has 3 rings (SSSR count). The molecule has 124 valence electrons. The second kappa shape index (κ2) is 6.86. The van der Waals surface area contributed by atoms with Gasteiger partial charge in [0.15, 0.2) is 17.3 Å². The van der Waals surface area contributed by atoms with Gasteiger partial charge < -0.3 is 24.2 Å². The van der Waals surface area contributed by atoms with Crippen molar-refractivity contribution in [2.45, 2.75) is 0 Å². The molecule has 0 unspecified atom stereocenters. The van der Waals surface area contributed by atoms with Gasteiger partial charge in [-0.05, 0) is 18.2 Å². The number of hydrogen-bond donors (Lipinski definition) is 1. The minimum absolute atomic E-state index is 0.128. The molecule has 1 aromatic carbocycles. The quantitative estimate of drug-likeness (QED) is 0.810. The van der Waals surface area contributed by atoms with Crippen LogP contribution < -0.4 is 14.8 Å². The zero-order chi connectivity index (χ0) is 16.9. The third-order valence-corrected chi connectivity index (χ3v) is 3.30. The van der Waals surface area contributed by atoms with Crippen molar-refractivity contribution in [2.24, 2.45) is 0 Å². The van der Waals surface area contributed by atoms with E-state index in [1.54, 1.807) is 24.3 Å². The Hall–Kier alpha value is -3.29. The fraction of sp³-hybridized carbons (Fsp3) is 0.188. The number of nitrogens with zero attached hydrogens (tertiary/aromatic N) is 2. The van der Waals surface area contributed by atoms with E-state index in [0.29, 0.717) is 17.1 Å². The van der Waals surface area contributed by atoms with Gasteiger partial charge in [0.25, 0.3) is 5.91 Å². The van der Waals surface area contributed by atoms with E-state index >= 15 is 0 Å². The fourth-order valence-electron chi connectivity index (χ4n) is 2.22. The molecule has 1 aromatic heterocycles. The van der Waals surface area contributed by atoms with E-state index in [2.05, 4.69) is 21.6 Å². The summed E-state index contributed by atoms with van der Waals surface area (Å²) in [6, 6.07) is 6.39. The standard InChI is InChI=1S/C16H15N3O5/c1-2-6-19(9-15(20)17-14-5-7-24-18-14)16(21)11-3-4-12-13(8-11)23-10-22-12/h2-5,7-8H,1,6,9-10H2,(H,17,18,20). The molecule has 24 heavy (non-hydrogen) atoms. The molecule has 0 atom stereocenters. The molecule has 2 aromatic rings. The van der Waals surface area contributed by atoms with Crippen molar-refractivity contribution >= 4 is 17.6 Å². The Morgan fingerprint density at radius 1 is 1.29 bits per heavy atom. The summed E-state index contributed by atoms with van der Waals surface area (Å²) in [5, 5.41) is 6.13. The highest BCUT2D eigenvalue weighted by Crippen LogP contribution is 2.32. The van der Waals surface area contributed by atoms with Crippen molar-refractivity contribution in [1.82, 2.24) is 10.1 Å². The van der Waals surface area contributed by atoms with Crippen molar-refractivity contribution in [3.8, 4) is 11.5 Å². The molecule has 0 aliphatic carbocycles. The van der Waals surface area contributed by atoms with E-state index in [-0.39, 0.29) is 37.5 Å². The first-order chi connectivity index (χ1) is 11.7. The lowest BCUT2D eigenvalue weighted by molar-refractivity contribution is -0.116. The maximum Gasteiger partial charge on any atom is 0.254 e. The Morgan fingerprint density at radius 2 is 2.12 bits per heavy atom. The molecule has 8 heteroatoms. The molecular weight excluding hydrogens is 314 g/mol. The largest absolute Gasteiger partial charge is 0.454 e. The van der Waals surface area contributed by atoms with Gasteiger partial charge in [-0.15, -0.1) is 6.58 Å². The highest BCUT2D eigenvalue weighted by molar-refractivity contribution is 5.99. The van der Waals surface area contributed by atoms with Crippen LogP contribution in [-0.4, -0.2) is 41.8 Å². The summed E-state index contributed by atoms with van der Waals surface area (Å²) in [7, 11) is 0. The van der Waals surface area contributed by atoms with Gasteiger partial charge in [0.05, 0.1) is 0 Å². The van der Waals surface area contributed by atoms with Crippen molar-refractivity contribution < 1.29 is 23.6 Å². The van der Waals surface area contributed by atoms with Crippen molar-refractivity contribution in [1.29, 1.82) is 0 Å². The van der Waals surface area contributed by atoms with Gasteiger partial charge in [-0.1, -0.05) is 11.2 Å². The van der Waals surface area contributed by atoms with Crippen LogP contribution in [0.1, 0.15) is 10.4 Å². The summed E-state index contributed by atoms with van der Waals surface area (Å²) in [4.78, 5) is 26.1. The Balaban J connectivity index is 1.71. The molecule has 2 heterocycles. The van der Waals surface area contributed by atoms with Crippen molar-refractivity contribution in [3.63, 3.8) is 0 Å². The number of aromatic nitrogens is 1. The van der Waals surface area contributed by atoms with Crippen LogP contribution in [0.4, 0.5) is 5.82 Å². The van der Waals surface area contributed by atoms with Crippen LogP contribution in [0.15, 0.2) is 47.7 Å². The number of benzene rings is 1. The first kappa shape index (κ1) is 15.6. The number of ether oxygens (including phenoxy) is 2. The lowest BCUT2D eigenvalue weighted by Gasteiger charge is -2.20. The van der Waals surface area contributed by atoms with Crippen LogP contribution in [0.3, 0.4) is 0 Å². The summed E-state index contributed by atoms with van der Waals surface area (Å²) in [6.45, 7) is 3.82. The van der Waals surface area contributed by atoms with Gasteiger partial charge >= 0.3 is 0 Å². The topological polar surface area (TPSA) is 93.9 Å². The van der Waals surface area contributed by atoms with Crippen molar-refractivity contribution in [2.75, 3.05) is 25.2 Å². The summed E-state index contributed by atoms with van der Waals surface area (Å²) >= 11 is 0. The third kappa shape index (κ3) is 3.37. The van der Waals surface area contributed by atoms with Gasteiger partial charge in [0.2, 0.25) is 12.7 Å². The van der Waals surface area contributed by atoms with Crippen LogP contribution in [0, 0.1) is 0 Å². The minimum atomic E-state index is -0.389. The number of hydrogen-bond acceptors (Lipinski definition) is 6.